The lowest BCUT2D eigenvalue weighted by molar-refractivity contribution is -0.139. The first-order valence-corrected chi connectivity index (χ1v) is 8.32. The lowest BCUT2D eigenvalue weighted by Crippen LogP contribution is -2.14. The van der Waals surface area contributed by atoms with Crippen molar-refractivity contribution in [3.05, 3.63) is 60.7 Å². The van der Waals surface area contributed by atoms with Crippen molar-refractivity contribution in [3.8, 4) is 0 Å². The van der Waals surface area contributed by atoms with E-state index < -0.39 is 5.97 Å². The van der Waals surface area contributed by atoms with Crippen molar-refractivity contribution in [1.29, 1.82) is 0 Å². The predicted molar refractivity (Wildman–Crippen MR) is 97.0 cm³/mol. The molecule has 6 heteroatoms. The maximum atomic E-state index is 12.2. The smallest absolute Gasteiger partial charge is 0.338 e. The average Bonchev–Trinajstić information content (AvgIpc) is 2.68. The summed E-state index contributed by atoms with van der Waals surface area (Å²) in [5.41, 5.74) is 0.542. The van der Waals surface area contributed by atoms with Crippen LogP contribution in [0.2, 0.25) is 0 Å². The van der Waals surface area contributed by atoms with Crippen LogP contribution in [0.1, 0.15) is 10.4 Å². The number of benzene rings is 2. The molecule has 0 heterocycles. The van der Waals surface area contributed by atoms with Crippen LogP contribution in [0.15, 0.2) is 55.1 Å². The van der Waals surface area contributed by atoms with Gasteiger partial charge in [-0.25, -0.2) is 9.59 Å². The van der Waals surface area contributed by atoms with E-state index in [1.165, 1.54) is 0 Å². The molecule has 0 amide bonds. The van der Waals surface area contributed by atoms with Crippen LogP contribution in [-0.4, -0.2) is 51.6 Å². The molecule has 0 spiro atoms. The molecule has 0 aliphatic carbocycles. The summed E-state index contributed by atoms with van der Waals surface area (Å²) in [4.78, 5) is 23.0. The summed E-state index contributed by atoms with van der Waals surface area (Å²) < 4.78 is 20.6. The van der Waals surface area contributed by atoms with E-state index in [9.17, 15) is 9.59 Å². The second-order valence-electron chi connectivity index (χ2n) is 5.26. The van der Waals surface area contributed by atoms with Gasteiger partial charge < -0.3 is 18.9 Å². The summed E-state index contributed by atoms with van der Waals surface area (Å²) in [6.45, 7) is 4.93. The van der Waals surface area contributed by atoms with Gasteiger partial charge in [-0.1, -0.05) is 43.0 Å². The minimum absolute atomic E-state index is 0.166. The van der Waals surface area contributed by atoms with Crippen LogP contribution < -0.4 is 0 Å². The largest absolute Gasteiger partial charge is 0.460 e. The molecule has 0 fully saturated rings. The van der Waals surface area contributed by atoms with Crippen LogP contribution in [0, 0.1) is 0 Å². The summed E-state index contributed by atoms with van der Waals surface area (Å²) in [6, 6.07) is 13.2. The molecule has 0 N–H and O–H groups in total. The van der Waals surface area contributed by atoms with Crippen molar-refractivity contribution in [2.45, 2.75) is 0 Å². The van der Waals surface area contributed by atoms with Crippen LogP contribution in [0.5, 0.6) is 0 Å². The van der Waals surface area contributed by atoms with Gasteiger partial charge in [0.15, 0.2) is 0 Å². The molecule has 0 aromatic heterocycles. The highest BCUT2D eigenvalue weighted by atomic mass is 16.6. The SMILES string of the molecule is C=CC(=O)OCCOCCOCCOC(=O)c1cccc2ccccc12. The number of ether oxygens (including phenoxy) is 4. The van der Waals surface area contributed by atoms with Gasteiger partial charge in [0.2, 0.25) is 0 Å². The van der Waals surface area contributed by atoms with E-state index in [0.717, 1.165) is 16.8 Å². The van der Waals surface area contributed by atoms with Gasteiger partial charge in [0.1, 0.15) is 13.2 Å². The Kier molecular flexibility index (Phi) is 8.32. The number of carbonyl (C=O) groups is 2. The number of rotatable bonds is 11. The zero-order valence-corrected chi connectivity index (χ0v) is 14.5. The van der Waals surface area contributed by atoms with Crippen LogP contribution >= 0.6 is 0 Å². The van der Waals surface area contributed by atoms with Crippen molar-refractivity contribution in [2.24, 2.45) is 0 Å². The molecule has 2 aromatic rings. The van der Waals surface area contributed by atoms with Crippen molar-refractivity contribution in [3.63, 3.8) is 0 Å². The van der Waals surface area contributed by atoms with Gasteiger partial charge in [-0.05, 0) is 16.8 Å². The van der Waals surface area contributed by atoms with Crippen molar-refractivity contribution < 1.29 is 28.5 Å². The second-order valence-corrected chi connectivity index (χ2v) is 5.26. The van der Waals surface area contributed by atoms with E-state index in [1.807, 2.05) is 36.4 Å². The Morgan fingerprint density at radius 3 is 2.15 bits per heavy atom. The maximum absolute atomic E-state index is 12.2. The monoisotopic (exact) mass is 358 g/mol. The van der Waals surface area contributed by atoms with Gasteiger partial charge >= 0.3 is 11.9 Å². The standard InChI is InChI=1S/C20H22O6/c1-2-19(21)25-14-12-23-10-11-24-13-15-26-20(22)18-9-5-7-16-6-3-4-8-17(16)18/h2-9H,1,10-15H2. The lowest BCUT2D eigenvalue weighted by Gasteiger charge is -2.08. The van der Waals surface area contributed by atoms with E-state index in [1.54, 1.807) is 6.07 Å². The highest BCUT2D eigenvalue weighted by Crippen LogP contribution is 2.19. The number of fused-ring (bicyclic) bond motifs is 1. The third-order valence-electron chi connectivity index (χ3n) is 3.48. The highest BCUT2D eigenvalue weighted by molar-refractivity contribution is 6.04. The van der Waals surface area contributed by atoms with Gasteiger partial charge in [0, 0.05) is 6.08 Å². The number of esters is 2. The molecule has 0 radical (unpaired) electrons. The number of carbonyl (C=O) groups excluding carboxylic acids is 2. The van der Waals surface area contributed by atoms with Gasteiger partial charge in [0.05, 0.1) is 32.0 Å². The van der Waals surface area contributed by atoms with Gasteiger partial charge in [-0.3, -0.25) is 0 Å². The maximum Gasteiger partial charge on any atom is 0.338 e. The van der Waals surface area contributed by atoms with E-state index >= 15 is 0 Å². The van der Waals surface area contributed by atoms with Crippen molar-refractivity contribution >= 4 is 22.7 Å². The molecule has 26 heavy (non-hydrogen) atoms. The zero-order valence-electron chi connectivity index (χ0n) is 14.5. The van der Waals surface area contributed by atoms with Gasteiger partial charge in [-0.2, -0.15) is 0 Å². The summed E-state index contributed by atoms with van der Waals surface area (Å²) in [7, 11) is 0. The second kappa shape index (κ2) is 11.0. The molecule has 0 saturated carbocycles. The Hall–Kier alpha value is -2.70. The first kappa shape index (κ1) is 19.6. The summed E-state index contributed by atoms with van der Waals surface area (Å²) >= 11 is 0. The van der Waals surface area contributed by atoms with E-state index in [-0.39, 0.29) is 25.8 Å². The molecular weight excluding hydrogens is 336 g/mol. The van der Waals surface area contributed by atoms with Gasteiger partial charge in [0.25, 0.3) is 0 Å². The Balaban J connectivity index is 1.58. The first-order chi connectivity index (χ1) is 12.7. The first-order valence-electron chi connectivity index (χ1n) is 8.32. The Morgan fingerprint density at radius 1 is 0.808 bits per heavy atom. The minimum atomic E-state index is -0.474. The van der Waals surface area contributed by atoms with E-state index in [2.05, 4.69) is 6.58 Å². The Bertz CT molecular complexity index is 735. The van der Waals surface area contributed by atoms with Crippen LogP contribution in [0.3, 0.4) is 0 Å². The fourth-order valence-electron chi connectivity index (χ4n) is 2.26. The molecular formula is C20H22O6. The third-order valence-corrected chi connectivity index (χ3v) is 3.48. The molecule has 0 aliphatic rings. The topological polar surface area (TPSA) is 71.1 Å². The highest BCUT2D eigenvalue weighted by Gasteiger charge is 2.10. The van der Waals surface area contributed by atoms with Crippen LogP contribution in [0.25, 0.3) is 10.8 Å². The summed E-state index contributed by atoms with van der Waals surface area (Å²) in [6.07, 6.45) is 1.10. The minimum Gasteiger partial charge on any atom is -0.460 e. The van der Waals surface area contributed by atoms with Crippen molar-refractivity contribution in [2.75, 3.05) is 39.6 Å². The zero-order chi connectivity index (χ0) is 18.6. The predicted octanol–water partition coefficient (Wildman–Crippen LogP) is 2.76. The van der Waals surface area contributed by atoms with E-state index in [0.29, 0.717) is 25.4 Å². The number of hydrogen-bond donors (Lipinski definition) is 0. The fraction of sp³-hybridized carbons (Fsp3) is 0.300. The molecule has 0 aliphatic heterocycles. The van der Waals surface area contributed by atoms with Crippen molar-refractivity contribution in [1.82, 2.24) is 0 Å². The molecule has 0 unspecified atom stereocenters. The molecule has 2 aromatic carbocycles. The Morgan fingerprint density at radius 2 is 1.42 bits per heavy atom. The average molecular weight is 358 g/mol. The molecule has 6 nitrogen and oxygen atoms in total. The third kappa shape index (κ3) is 6.31. The van der Waals surface area contributed by atoms with Gasteiger partial charge in [-0.15, -0.1) is 0 Å². The fourth-order valence-corrected chi connectivity index (χ4v) is 2.26. The van der Waals surface area contributed by atoms with Crippen LogP contribution in [-0.2, 0) is 23.7 Å². The molecule has 0 atom stereocenters. The quantitative estimate of drug-likeness (QED) is 0.349. The summed E-state index contributed by atoms with van der Waals surface area (Å²) in [5.74, 6) is -0.844. The van der Waals surface area contributed by atoms with E-state index in [4.69, 9.17) is 18.9 Å². The van der Waals surface area contributed by atoms with Crippen LogP contribution in [0.4, 0.5) is 0 Å². The molecule has 2 rings (SSSR count). The molecule has 138 valence electrons. The Labute approximate surface area is 152 Å². The normalized spacial score (nSPS) is 10.5. The number of hydrogen-bond acceptors (Lipinski definition) is 6. The lowest BCUT2D eigenvalue weighted by atomic mass is 10.1. The molecule has 0 bridgehead atoms. The molecule has 0 saturated heterocycles. The summed E-state index contributed by atoms with van der Waals surface area (Å²) in [5, 5.41) is 1.86.